The molecule has 0 aliphatic heterocycles. The van der Waals surface area contributed by atoms with Gasteiger partial charge in [-0.15, -0.1) is 0 Å². The third-order valence-corrected chi connectivity index (χ3v) is 3.96. The lowest BCUT2D eigenvalue weighted by atomic mass is 10.3. The molecule has 0 atom stereocenters. The first-order valence-electron chi connectivity index (χ1n) is 6.47. The summed E-state index contributed by atoms with van der Waals surface area (Å²) in [5, 5.41) is 8.44. The molecule has 4 aromatic rings. The second-order valence-corrected chi connectivity index (χ2v) is 5.50. The van der Waals surface area contributed by atoms with E-state index in [9.17, 15) is 0 Å². The fourth-order valence-electron chi connectivity index (χ4n) is 2.05. The average molecular weight is 293 g/mol. The number of thiazole rings is 1. The van der Waals surface area contributed by atoms with Gasteiger partial charge in [0.15, 0.2) is 10.9 Å². The molecule has 1 aromatic carbocycles. The molecule has 0 fully saturated rings. The van der Waals surface area contributed by atoms with E-state index in [1.54, 1.807) is 28.4 Å². The molecule has 0 unspecified atom stereocenters. The molecule has 21 heavy (non-hydrogen) atoms. The summed E-state index contributed by atoms with van der Waals surface area (Å²) in [6, 6.07) is 13.8. The zero-order chi connectivity index (χ0) is 14.1. The number of aromatic nitrogens is 4. The van der Waals surface area contributed by atoms with E-state index in [1.165, 1.54) is 0 Å². The number of fused-ring (bicyclic) bond motifs is 1. The topological polar surface area (TPSA) is 55.6 Å². The normalized spacial score (nSPS) is 10.9. The van der Waals surface area contributed by atoms with Crippen molar-refractivity contribution >= 4 is 32.4 Å². The number of anilines is 2. The number of nitrogens with zero attached hydrogens (tertiary/aromatic N) is 4. The number of hydrogen-bond donors (Lipinski definition) is 1. The first-order valence-corrected chi connectivity index (χ1v) is 7.29. The maximum Gasteiger partial charge on any atom is 0.188 e. The summed E-state index contributed by atoms with van der Waals surface area (Å²) >= 11 is 1.62. The molecular formula is C15H11N5S. The lowest BCUT2D eigenvalue weighted by Gasteiger charge is -1.98. The highest BCUT2D eigenvalue weighted by Crippen LogP contribution is 2.27. The highest BCUT2D eigenvalue weighted by Gasteiger charge is 2.06. The maximum atomic E-state index is 4.54. The van der Waals surface area contributed by atoms with Crippen LogP contribution in [0.2, 0.25) is 0 Å². The van der Waals surface area contributed by atoms with Gasteiger partial charge < -0.3 is 5.32 Å². The number of hydrogen-bond acceptors (Lipinski definition) is 5. The number of para-hydroxylation sites is 1. The molecule has 0 aliphatic rings. The summed E-state index contributed by atoms with van der Waals surface area (Å²) in [5.74, 6) is 0.787. The third kappa shape index (κ3) is 2.36. The summed E-state index contributed by atoms with van der Waals surface area (Å²) in [6.07, 6.45) is 5.41. The van der Waals surface area contributed by atoms with Gasteiger partial charge in [-0.05, 0) is 24.3 Å². The Bertz CT molecular complexity index is 848. The van der Waals surface area contributed by atoms with Crippen LogP contribution in [0.1, 0.15) is 0 Å². The molecule has 0 saturated carbocycles. The van der Waals surface area contributed by atoms with Gasteiger partial charge in [-0.1, -0.05) is 29.5 Å². The largest absolute Gasteiger partial charge is 0.329 e. The highest BCUT2D eigenvalue weighted by atomic mass is 32.1. The quantitative estimate of drug-likeness (QED) is 0.627. The maximum absolute atomic E-state index is 4.54. The molecule has 3 aromatic heterocycles. The fraction of sp³-hybridized carbons (Fsp3) is 0. The Labute approximate surface area is 124 Å². The summed E-state index contributed by atoms with van der Waals surface area (Å²) in [5.41, 5.74) is 1.89. The minimum Gasteiger partial charge on any atom is -0.329 e. The minimum absolute atomic E-state index is 0.787. The van der Waals surface area contributed by atoms with Gasteiger partial charge in [-0.25, -0.2) is 14.6 Å². The van der Waals surface area contributed by atoms with E-state index < -0.39 is 0 Å². The predicted octanol–water partition coefficient (Wildman–Crippen LogP) is 3.62. The van der Waals surface area contributed by atoms with Crippen LogP contribution in [-0.2, 0) is 0 Å². The molecule has 102 valence electrons. The fourth-order valence-corrected chi connectivity index (χ4v) is 2.94. The Hall–Kier alpha value is -2.73. The van der Waals surface area contributed by atoms with Crippen LogP contribution in [0.4, 0.5) is 10.8 Å². The van der Waals surface area contributed by atoms with Crippen LogP contribution in [0.5, 0.6) is 0 Å². The van der Waals surface area contributed by atoms with Crippen LogP contribution >= 0.6 is 11.3 Å². The van der Waals surface area contributed by atoms with Crippen LogP contribution in [0.15, 0.2) is 61.1 Å². The zero-order valence-electron chi connectivity index (χ0n) is 11.0. The first kappa shape index (κ1) is 12.0. The monoisotopic (exact) mass is 293 g/mol. The van der Waals surface area contributed by atoms with Crippen molar-refractivity contribution in [2.45, 2.75) is 0 Å². The molecular weight excluding hydrogens is 282 g/mol. The summed E-state index contributed by atoms with van der Waals surface area (Å²) < 4.78 is 2.90. The SMILES string of the molecule is c1ccc(-n2cc(Nc3nc4ccccc4s3)cn2)nc1. The van der Waals surface area contributed by atoms with E-state index in [1.807, 2.05) is 42.6 Å². The lowest BCUT2D eigenvalue weighted by Crippen LogP contribution is -1.96. The van der Waals surface area contributed by atoms with E-state index in [-0.39, 0.29) is 0 Å². The van der Waals surface area contributed by atoms with Gasteiger partial charge in [-0.2, -0.15) is 5.10 Å². The van der Waals surface area contributed by atoms with Crippen LogP contribution in [0, 0.1) is 0 Å². The summed E-state index contributed by atoms with van der Waals surface area (Å²) in [6.45, 7) is 0. The highest BCUT2D eigenvalue weighted by molar-refractivity contribution is 7.22. The smallest absolute Gasteiger partial charge is 0.188 e. The Morgan fingerprint density at radius 2 is 1.95 bits per heavy atom. The molecule has 0 bridgehead atoms. The number of pyridine rings is 1. The standard InChI is InChI=1S/C15H11N5S/c1-2-6-13-12(5-1)19-15(21-13)18-11-9-17-20(10-11)14-7-3-4-8-16-14/h1-10H,(H,18,19). The molecule has 0 amide bonds. The predicted molar refractivity (Wildman–Crippen MR) is 84.3 cm³/mol. The van der Waals surface area contributed by atoms with Gasteiger partial charge in [0, 0.05) is 6.20 Å². The van der Waals surface area contributed by atoms with E-state index in [4.69, 9.17) is 0 Å². The molecule has 1 N–H and O–H groups in total. The van der Waals surface area contributed by atoms with Crippen LogP contribution in [0.25, 0.3) is 16.0 Å². The van der Waals surface area contributed by atoms with Crippen molar-refractivity contribution in [3.05, 3.63) is 61.1 Å². The zero-order valence-corrected chi connectivity index (χ0v) is 11.8. The van der Waals surface area contributed by atoms with Crippen molar-refractivity contribution in [2.24, 2.45) is 0 Å². The van der Waals surface area contributed by atoms with Crippen molar-refractivity contribution in [1.29, 1.82) is 0 Å². The van der Waals surface area contributed by atoms with Crippen LogP contribution < -0.4 is 5.32 Å². The number of nitrogens with one attached hydrogen (secondary N) is 1. The third-order valence-electron chi connectivity index (χ3n) is 3.01. The van der Waals surface area contributed by atoms with Crippen molar-refractivity contribution in [2.75, 3.05) is 5.32 Å². The van der Waals surface area contributed by atoms with E-state index in [2.05, 4.69) is 26.4 Å². The van der Waals surface area contributed by atoms with Gasteiger partial charge >= 0.3 is 0 Å². The summed E-state index contributed by atoms with van der Waals surface area (Å²) in [7, 11) is 0. The van der Waals surface area contributed by atoms with Gasteiger partial charge in [-0.3, -0.25) is 0 Å². The number of rotatable bonds is 3. The van der Waals surface area contributed by atoms with Crippen molar-refractivity contribution in [3.8, 4) is 5.82 Å². The summed E-state index contributed by atoms with van der Waals surface area (Å²) in [4.78, 5) is 8.81. The van der Waals surface area contributed by atoms with Crippen LogP contribution in [-0.4, -0.2) is 19.7 Å². The van der Waals surface area contributed by atoms with Crippen molar-refractivity contribution < 1.29 is 0 Å². The molecule has 0 radical (unpaired) electrons. The first-order chi connectivity index (χ1) is 10.4. The van der Waals surface area contributed by atoms with E-state index in [0.717, 1.165) is 26.9 Å². The van der Waals surface area contributed by atoms with Gasteiger partial charge in [0.25, 0.3) is 0 Å². The Kier molecular flexibility index (Phi) is 2.86. The molecule has 0 saturated heterocycles. The van der Waals surface area contributed by atoms with E-state index in [0.29, 0.717) is 0 Å². The molecule has 3 heterocycles. The Balaban J connectivity index is 1.61. The van der Waals surface area contributed by atoms with Crippen molar-refractivity contribution in [3.63, 3.8) is 0 Å². The molecule has 0 aliphatic carbocycles. The minimum atomic E-state index is 0.787. The molecule has 5 nitrogen and oxygen atoms in total. The van der Waals surface area contributed by atoms with Crippen LogP contribution in [0.3, 0.4) is 0 Å². The number of benzene rings is 1. The lowest BCUT2D eigenvalue weighted by molar-refractivity contribution is 0.847. The second kappa shape index (κ2) is 4.99. The molecule has 0 spiro atoms. The van der Waals surface area contributed by atoms with Crippen molar-refractivity contribution in [1.82, 2.24) is 19.7 Å². The Morgan fingerprint density at radius 1 is 1.05 bits per heavy atom. The second-order valence-electron chi connectivity index (χ2n) is 4.47. The van der Waals surface area contributed by atoms with E-state index >= 15 is 0 Å². The van der Waals surface area contributed by atoms with Gasteiger partial charge in [0.05, 0.1) is 28.3 Å². The molecule has 6 heteroatoms. The average Bonchev–Trinajstić information content (AvgIpc) is 3.14. The van der Waals surface area contributed by atoms with Gasteiger partial charge in [0.1, 0.15) is 0 Å². The van der Waals surface area contributed by atoms with Gasteiger partial charge in [0.2, 0.25) is 0 Å². The molecule has 4 rings (SSSR count). The Morgan fingerprint density at radius 3 is 2.81 bits per heavy atom.